The number of hydrogen-bond donors (Lipinski definition) is 1. The molecule has 1 aromatic carbocycles. The molecule has 5 nitrogen and oxygen atoms in total. The van der Waals surface area contributed by atoms with E-state index in [9.17, 15) is 4.79 Å². The second-order valence-corrected chi connectivity index (χ2v) is 9.70. The molecule has 0 spiro atoms. The summed E-state index contributed by atoms with van der Waals surface area (Å²) in [7, 11) is 0. The lowest BCUT2D eigenvalue weighted by molar-refractivity contribution is 0.102. The quantitative estimate of drug-likeness (QED) is 0.407. The number of amides is 1. The smallest absolute Gasteiger partial charge is 0.257 e. The summed E-state index contributed by atoms with van der Waals surface area (Å²) >= 11 is 3.11. The number of hydrogen-bond acceptors (Lipinski definition) is 6. The van der Waals surface area contributed by atoms with E-state index in [-0.39, 0.29) is 18.3 Å². The molecule has 156 valence electrons. The van der Waals surface area contributed by atoms with Gasteiger partial charge < -0.3 is 0 Å². The van der Waals surface area contributed by atoms with Crippen LogP contribution in [0.5, 0.6) is 0 Å². The van der Waals surface area contributed by atoms with Crippen LogP contribution in [0.15, 0.2) is 28.6 Å². The van der Waals surface area contributed by atoms with Crippen LogP contribution in [0.1, 0.15) is 63.4 Å². The average Bonchev–Trinajstić information content (AvgIpc) is 3.05. The van der Waals surface area contributed by atoms with Crippen molar-refractivity contribution in [3.05, 3.63) is 35.4 Å². The molecule has 0 radical (unpaired) electrons. The van der Waals surface area contributed by atoms with Gasteiger partial charge in [0, 0.05) is 29.9 Å². The van der Waals surface area contributed by atoms with Gasteiger partial charge in [0.2, 0.25) is 5.13 Å². The number of carbonyl (C=O) groups is 1. The molecule has 1 amide bonds. The molecule has 0 unspecified atom stereocenters. The van der Waals surface area contributed by atoms with Crippen molar-refractivity contribution >= 4 is 46.5 Å². The van der Waals surface area contributed by atoms with E-state index in [1.165, 1.54) is 16.9 Å². The molecule has 0 saturated heterocycles. The van der Waals surface area contributed by atoms with Crippen molar-refractivity contribution in [1.82, 2.24) is 15.1 Å². The molecule has 2 rings (SSSR count). The number of nitrogens with zero attached hydrogens (tertiary/aromatic N) is 3. The van der Waals surface area contributed by atoms with Gasteiger partial charge >= 0.3 is 0 Å². The van der Waals surface area contributed by atoms with Gasteiger partial charge in [-0.15, -0.1) is 22.6 Å². The van der Waals surface area contributed by atoms with Gasteiger partial charge in [-0.1, -0.05) is 49.1 Å². The predicted octanol–water partition coefficient (Wildman–Crippen LogP) is 5.55. The Kier molecular flexibility index (Phi) is 10.4. The van der Waals surface area contributed by atoms with E-state index in [2.05, 4.69) is 62.0 Å². The van der Waals surface area contributed by atoms with Gasteiger partial charge in [0.1, 0.15) is 0 Å². The summed E-state index contributed by atoms with van der Waals surface area (Å²) < 4.78 is 0.882. The fourth-order valence-corrected chi connectivity index (χ4v) is 4.63. The first kappa shape index (κ1) is 24.9. The first-order chi connectivity index (χ1) is 12.8. The van der Waals surface area contributed by atoms with Crippen molar-refractivity contribution < 1.29 is 4.79 Å². The van der Waals surface area contributed by atoms with Crippen LogP contribution in [0, 0.1) is 0 Å². The zero-order valence-corrected chi connectivity index (χ0v) is 19.9. The second-order valence-electron chi connectivity index (χ2n) is 7.38. The van der Waals surface area contributed by atoms with E-state index in [0.717, 1.165) is 16.6 Å². The third-order valence-corrected chi connectivity index (χ3v) is 6.32. The molecule has 0 atom stereocenters. The zero-order valence-electron chi connectivity index (χ0n) is 17.4. The van der Waals surface area contributed by atoms with Crippen LogP contribution in [0.4, 0.5) is 5.13 Å². The van der Waals surface area contributed by atoms with E-state index < -0.39 is 0 Å². The average molecular weight is 443 g/mol. The maximum Gasteiger partial charge on any atom is 0.257 e. The Morgan fingerprint density at radius 3 is 2.21 bits per heavy atom. The lowest BCUT2D eigenvalue weighted by Gasteiger charge is -2.30. The zero-order chi connectivity index (χ0) is 20.0. The van der Waals surface area contributed by atoms with Crippen LogP contribution in [0.3, 0.4) is 0 Å². The molecule has 0 aliphatic rings. The fraction of sp³-hybridized carbons (Fsp3) is 0.550. The minimum Gasteiger partial charge on any atom is -0.298 e. The third kappa shape index (κ3) is 7.35. The number of anilines is 1. The summed E-state index contributed by atoms with van der Waals surface area (Å²) in [6.45, 7) is 14.2. The van der Waals surface area contributed by atoms with Crippen LogP contribution in [-0.2, 0) is 0 Å². The normalized spacial score (nSPS) is 11.4. The molecule has 1 heterocycles. The third-order valence-electron chi connectivity index (χ3n) is 4.37. The van der Waals surface area contributed by atoms with Crippen molar-refractivity contribution in [2.45, 2.75) is 63.9 Å². The van der Waals surface area contributed by atoms with E-state index in [4.69, 9.17) is 0 Å². The molecule has 28 heavy (non-hydrogen) atoms. The SMILES string of the molecule is CC(C)c1ccc(C(=O)Nc2nnc(SCCN(C(C)C)C(C)C)s2)cc1.Cl. The Labute approximate surface area is 183 Å². The molecular formula is C20H31ClN4OS2. The number of thioether (sulfide) groups is 1. The topological polar surface area (TPSA) is 58.1 Å². The highest BCUT2D eigenvalue weighted by molar-refractivity contribution is 8.01. The van der Waals surface area contributed by atoms with Crippen molar-refractivity contribution in [1.29, 1.82) is 0 Å². The molecule has 1 aromatic heterocycles. The van der Waals surface area contributed by atoms with Crippen molar-refractivity contribution in [2.75, 3.05) is 17.6 Å². The lowest BCUT2D eigenvalue weighted by atomic mass is 10.0. The van der Waals surface area contributed by atoms with Crippen molar-refractivity contribution in [3.63, 3.8) is 0 Å². The standard InChI is InChI=1S/C20H30N4OS2.ClH/c1-13(2)16-7-9-17(10-8-16)18(25)21-19-22-23-20(27-19)26-12-11-24(14(3)4)15(5)6;/h7-10,13-15H,11-12H2,1-6H3,(H,21,22,25);1H. The Balaban J connectivity index is 0.00000392. The maximum absolute atomic E-state index is 12.4. The Morgan fingerprint density at radius 2 is 1.68 bits per heavy atom. The summed E-state index contributed by atoms with van der Waals surface area (Å²) in [5, 5.41) is 11.7. The number of rotatable bonds is 9. The predicted molar refractivity (Wildman–Crippen MR) is 123 cm³/mol. The van der Waals surface area contributed by atoms with E-state index >= 15 is 0 Å². The largest absolute Gasteiger partial charge is 0.298 e. The summed E-state index contributed by atoms with van der Waals surface area (Å²) in [5.41, 5.74) is 1.85. The highest BCUT2D eigenvalue weighted by Gasteiger charge is 2.14. The Morgan fingerprint density at radius 1 is 1.07 bits per heavy atom. The van der Waals surface area contributed by atoms with Gasteiger partial charge in [-0.05, 0) is 51.3 Å². The van der Waals surface area contributed by atoms with Crippen molar-refractivity contribution in [2.24, 2.45) is 0 Å². The van der Waals surface area contributed by atoms with Crippen LogP contribution < -0.4 is 5.32 Å². The summed E-state index contributed by atoms with van der Waals surface area (Å²) in [6.07, 6.45) is 0. The highest BCUT2D eigenvalue weighted by atomic mass is 35.5. The summed E-state index contributed by atoms with van der Waals surface area (Å²) in [6, 6.07) is 8.75. The molecule has 0 aliphatic carbocycles. The molecule has 0 bridgehead atoms. The van der Waals surface area contributed by atoms with Crippen LogP contribution in [0.25, 0.3) is 0 Å². The minimum absolute atomic E-state index is 0. The van der Waals surface area contributed by atoms with Gasteiger partial charge in [-0.25, -0.2) is 0 Å². The number of carbonyl (C=O) groups excluding carboxylic acids is 1. The number of nitrogens with one attached hydrogen (secondary N) is 1. The van der Waals surface area contributed by atoms with Gasteiger partial charge in [-0.3, -0.25) is 15.0 Å². The Bertz CT molecular complexity index is 724. The van der Waals surface area contributed by atoms with E-state index in [1.807, 2.05) is 24.3 Å². The molecule has 0 aliphatic heterocycles. The number of halogens is 1. The fourth-order valence-electron chi connectivity index (χ4n) is 2.86. The first-order valence-corrected chi connectivity index (χ1v) is 11.2. The summed E-state index contributed by atoms with van der Waals surface area (Å²) in [5.74, 6) is 1.26. The van der Waals surface area contributed by atoms with Crippen LogP contribution >= 0.6 is 35.5 Å². The number of aromatic nitrogens is 2. The lowest BCUT2D eigenvalue weighted by Crippen LogP contribution is -2.38. The highest BCUT2D eigenvalue weighted by Crippen LogP contribution is 2.26. The maximum atomic E-state index is 12.4. The van der Waals surface area contributed by atoms with Crippen molar-refractivity contribution in [3.8, 4) is 0 Å². The second kappa shape index (κ2) is 11.8. The molecular weight excluding hydrogens is 412 g/mol. The van der Waals surface area contributed by atoms with Crippen LogP contribution in [0.2, 0.25) is 0 Å². The summed E-state index contributed by atoms with van der Waals surface area (Å²) in [4.78, 5) is 14.8. The van der Waals surface area contributed by atoms with E-state index in [0.29, 0.717) is 28.7 Å². The van der Waals surface area contributed by atoms with Gasteiger partial charge in [0.05, 0.1) is 0 Å². The molecule has 2 aromatic rings. The monoisotopic (exact) mass is 442 g/mol. The van der Waals surface area contributed by atoms with Crippen LogP contribution in [-0.4, -0.2) is 45.4 Å². The van der Waals surface area contributed by atoms with Gasteiger partial charge in [-0.2, -0.15) is 0 Å². The molecule has 0 fully saturated rings. The van der Waals surface area contributed by atoms with E-state index in [1.54, 1.807) is 11.8 Å². The molecule has 8 heteroatoms. The van der Waals surface area contributed by atoms with Gasteiger partial charge in [0.25, 0.3) is 5.91 Å². The molecule has 1 N–H and O–H groups in total. The Hall–Kier alpha value is -1.15. The number of benzene rings is 1. The minimum atomic E-state index is -0.149. The molecule has 0 saturated carbocycles. The first-order valence-electron chi connectivity index (χ1n) is 9.41. The van der Waals surface area contributed by atoms with Gasteiger partial charge in [0.15, 0.2) is 4.34 Å².